The lowest BCUT2D eigenvalue weighted by atomic mass is 9.78. The molecule has 7 heteroatoms. The molecule has 4 aliphatic heterocycles. The SMILES string of the molecule is CC1(C)COc2cc(-c3ccc(=O)n(Cc4ccccc4)c3)ccc2C1NC(=O)O[C@@H]1CN2CCC1CC2. The third-order valence-corrected chi connectivity index (χ3v) is 8.34. The third kappa shape index (κ3) is 4.95. The maximum absolute atomic E-state index is 13.0. The smallest absolute Gasteiger partial charge is 0.407 e. The zero-order chi connectivity index (χ0) is 26.3. The fraction of sp³-hybridized carbons (Fsp3) is 0.419. The van der Waals surface area contributed by atoms with Crippen molar-refractivity contribution in [3.63, 3.8) is 0 Å². The summed E-state index contributed by atoms with van der Waals surface area (Å²) in [7, 11) is 0. The van der Waals surface area contributed by atoms with E-state index >= 15 is 0 Å². The molecule has 0 spiro atoms. The Balaban J connectivity index is 1.22. The summed E-state index contributed by atoms with van der Waals surface area (Å²) in [5.74, 6) is 1.21. The molecule has 0 saturated carbocycles. The van der Waals surface area contributed by atoms with Crippen LogP contribution in [-0.4, -0.2) is 47.9 Å². The van der Waals surface area contributed by atoms with Crippen LogP contribution < -0.4 is 15.6 Å². The number of nitrogens with one attached hydrogen (secondary N) is 1. The van der Waals surface area contributed by atoms with Crippen molar-refractivity contribution >= 4 is 6.09 Å². The van der Waals surface area contributed by atoms with E-state index in [4.69, 9.17) is 9.47 Å². The molecule has 3 aromatic rings. The van der Waals surface area contributed by atoms with Crippen molar-refractivity contribution in [1.82, 2.24) is 14.8 Å². The molecule has 2 aromatic carbocycles. The van der Waals surface area contributed by atoms with Crippen molar-refractivity contribution in [1.29, 1.82) is 0 Å². The molecule has 1 aromatic heterocycles. The number of alkyl carbamates (subject to hydrolysis) is 1. The highest BCUT2D eigenvalue weighted by Crippen LogP contribution is 2.44. The number of carbonyl (C=O) groups is 1. The Bertz CT molecular complexity index is 1380. The number of hydrogen-bond donors (Lipinski definition) is 1. The van der Waals surface area contributed by atoms with Gasteiger partial charge in [0.2, 0.25) is 0 Å². The lowest BCUT2D eigenvalue weighted by Gasteiger charge is -2.44. The van der Waals surface area contributed by atoms with Crippen LogP contribution >= 0.6 is 0 Å². The van der Waals surface area contributed by atoms with E-state index in [9.17, 15) is 9.59 Å². The van der Waals surface area contributed by atoms with Gasteiger partial charge in [0.05, 0.1) is 19.2 Å². The first-order valence-corrected chi connectivity index (χ1v) is 13.6. The van der Waals surface area contributed by atoms with E-state index in [1.54, 1.807) is 10.6 Å². The van der Waals surface area contributed by atoms with Gasteiger partial charge >= 0.3 is 6.09 Å². The number of pyridine rings is 1. The van der Waals surface area contributed by atoms with E-state index in [1.165, 1.54) is 0 Å². The zero-order valence-electron chi connectivity index (χ0n) is 22.1. The molecular weight excluding hydrogens is 478 g/mol. The Kier molecular flexibility index (Phi) is 6.48. The van der Waals surface area contributed by atoms with E-state index < -0.39 is 0 Å². The quantitative estimate of drug-likeness (QED) is 0.528. The fourth-order valence-corrected chi connectivity index (χ4v) is 6.06. The van der Waals surface area contributed by atoms with Gasteiger partial charge in [0.25, 0.3) is 5.56 Å². The second kappa shape index (κ2) is 9.95. The highest BCUT2D eigenvalue weighted by Gasteiger charge is 2.41. The van der Waals surface area contributed by atoms with Crippen LogP contribution in [0.5, 0.6) is 5.75 Å². The predicted molar refractivity (Wildman–Crippen MR) is 146 cm³/mol. The van der Waals surface area contributed by atoms with Crippen molar-refractivity contribution in [3.8, 4) is 16.9 Å². The van der Waals surface area contributed by atoms with Crippen LogP contribution in [0.2, 0.25) is 0 Å². The summed E-state index contributed by atoms with van der Waals surface area (Å²) in [6.45, 7) is 8.24. The van der Waals surface area contributed by atoms with Crippen molar-refractivity contribution in [2.75, 3.05) is 26.2 Å². The van der Waals surface area contributed by atoms with Gasteiger partial charge in [-0.25, -0.2) is 4.79 Å². The van der Waals surface area contributed by atoms with E-state index in [1.807, 2.05) is 60.8 Å². The van der Waals surface area contributed by atoms with Gasteiger partial charge in [0, 0.05) is 29.8 Å². The van der Waals surface area contributed by atoms with Crippen LogP contribution in [0.15, 0.2) is 71.7 Å². The van der Waals surface area contributed by atoms with Gasteiger partial charge in [-0.1, -0.05) is 56.3 Å². The number of benzene rings is 2. The molecule has 0 aliphatic carbocycles. The monoisotopic (exact) mass is 513 g/mol. The van der Waals surface area contributed by atoms with Gasteiger partial charge in [0.1, 0.15) is 11.9 Å². The van der Waals surface area contributed by atoms with E-state index in [0.717, 1.165) is 60.5 Å². The molecule has 38 heavy (non-hydrogen) atoms. The van der Waals surface area contributed by atoms with Gasteiger partial charge in [-0.15, -0.1) is 0 Å². The average Bonchev–Trinajstić information content (AvgIpc) is 2.92. The molecule has 3 fully saturated rings. The Hall–Kier alpha value is -3.58. The van der Waals surface area contributed by atoms with Gasteiger partial charge in [-0.3, -0.25) is 9.69 Å². The highest BCUT2D eigenvalue weighted by atomic mass is 16.6. The molecule has 198 valence electrons. The number of ether oxygens (including phenoxy) is 2. The molecule has 1 amide bonds. The van der Waals surface area contributed by atoms with Crippen LogP contribution in [0.4, 0.5) is 4.79 Å². The lowest BCUT2D eigenvalue weighted by Crippen LogP contribution is -2.53. The number of rotatable bonds is 5. The maximum Gasteiger partial charge on any atom is 0.407 e. The minimum atomic E-state index is -0.355. The number of amides is 1. The molecule has 2 bridgehead atoms. The molecule has 1 unspecified atom stereocenters. The molecule has 5 heterocycles. The summed E-state index contributed by atoms with van der Waals surface area (Å²) in [6.07, 6.45) is 3.71. The second-order valence-corrected chi connectivity index (χ2v) is 11.6. The van der Waals surface area contributed by atoms with Crippen LogP contribution in [0.3, 0.4) is 0 Å². The first-order chi connectivity index (χ1) is 18.4. The van der Waals surface area contributed by atoms with E-state index in [2.05, 4.69) is 24.1 Å². The van der Waals surface area contributed by atoms with Gasteiger partial charge < -0.3 is 19.4 Å². The van der Waals surface area contributed by atoms with Crippen molar-refractivity contribution in [3.05, 3.63) is 88.3 Å². The molecule has 7 nitrogen and oxygen atoms in total. The summed E-state index contributed by atoms with van der Waals surface area (Å²) in [5.41, 5.74) is 3.56. The normalized spacial score (nSPS) is 25.2. The minimum Gasteiger partial charge on any atom is -0.493 e. The van der Waals surface area contributed by atoms with Gasteiger partial charge in [-0.05, 0) is 60.7 Å². The van der Waals surface area contributed by atoms with Crippen molar-refractivity contribution in [2.24, 2.45) is 11.3 Å². The standard InChI is InChI=1S/C31H35N3O4/c1-31(2)20-37-26-16-23(24-9-11-28(35)34(18-24)17-21-6-4-3-5-7-21)8-10-25(26)29(31)32-30(36)38-27-19-33-14-12-22(27)13-15-33/h3-11,16,18,22,27,29H,12-15,17,19-20H2,1-2H3,(H,32,36)/t27-,29?/m1/s1. The van der Waals surface area contributed by atoms with Gasteiger partial charge in [-0.2, -0.15) is 0 Å². The Labute approximate surface area is 223 Å². The maximum atomic E-state index is 13.0. The summed E-state index contributed by atoms with van der Waals surface area (Å²) in [4.78, 5) is 27.9. The summed E-state index contributed by atoms with van der Waals surface area (Å²) < 4.78 is 13.8. The molecular formula is C31H35N3O4. The summed E-state index contributed by atoms with van der Waals surface area (Å²) in [6, 6.07) is 19.2. The number of aromatic nitrogens is 1. The molecule has 0 radical (unpaired) electrons. The largest absolute Gasteiger partial charge is 0.493 e. The van der Waals surface area contributed by atoms with Crippen LogP contribution in [0, 0.1) is 11.3 Å². The summed E-state index contributed by atoms with van der Waals surface area (Å²) >= 11 is 0. The van der Waals surface area contributed by atoms with E-state index in [0.29, 0.717) is 19.1 Å². The number of piperidine rings is 3. The molecule has 4 aliphatic rings. The topological polar surface area (TPSA) is 72.8 Å². The average molecular weight is 514 g/mol. The Morgan fingerprint density at radius 2 is 1.82 bits per heavy atom. The number of carbonyl (C=O) groups excluding carboxylic acids is 1. The van der Waals surface area contributed by atoms with Gasteiger partial charge in [0.15, 0.2) is 0 Å². The fourth-order valence-electron chi connectivity index (χ4n) is 6.06. The Morgan fingerprint density at radius 3 is 2.55 bits per heavy atom. The molecule has 1 N–H and O–H groups in total. The predicted octanol–water partition coefficient (Wildman–Crippen LogP) is 4.84. The Morgan fingerprint density at radius 1 is 1.05 bits per heavy atom. The second-order valence-electron chi connectivity index (χ2n) is 11.6. The lowest BCUT2D eigenvalue weighted by molar-refractivity contribution is -0.0361. The first kappa shape index (κ1) is 24.7. The van der Waals surface area contributed by atoms with Crippen LogP contribution in [0.25, 0.3) is 11.1 Å². The van der Waals surface area contributed by atoms with Crippen LogP contribution in [0.1, 0.15) is 43.9 Å². The molecule has 3 saturated heterocycles. The van der Waals surface area contributed by atoms with Crippen molar-refractivity contribution < 1.29 is 14.3 Å². The van der Waals surface area contributed by atoms with Crippen molar-refractivity contribution in [2.45, 2.75) is 45.4 Å². The third-order valence-electron chi connectivity index (χ3n) is 8.34. The molecule has 2 atom stereocenters. The highest BCUT2D eigenvalue weighted by molar-refractivity contribution is 5.70. The first-order valence-electron chi connectivity index (χ1n) is 13.6. The number of hydrogen-bond acceptors (Lipinski definition) is 5. The number of nitrogens with zero attached hydrogens (tertiary/aromatic N) is 2. The zero-order valence-corrected chi connectivity index (χ0v) is 22.1. The number of fused-ring (bicyclic) bond motifs is 4. The summed E-state index contributed by atoms with van der Waals surface area (Å²) in [5, 5.41) is 3.17. The minimum absolute atomic E-state index is 0.0335. The molecule has 7 rings (SSSR count). The van der Waals surface area contributed by atoms with E-state index in [-0.39, 0.29) is 29.2 Å². The van der Waals surface area contributed by atoms with Crippen LogP contribution in [-0.2, 0) is 11.3 Å².